The second kappa shape index (κ2) is 6.65. The molecule has 0 fully saturated rings. The third kappa shape index (κ3) is 4.63. The molecule has 1 N–H and O–H groups in total. The average molecular weight is 287 g/mol. The van der Waals surface area contributed by atoms with Gasteiger partial charge in [-0.2, -0.15) is 0 Å². The number of carbonyl (C=O) groups excluding carboxylic acids is 1. The third-order valence-corrected chi connectivity index (χ3v) is 5.05. The molecule has 0 bridgehead atoms. The fourth-order valence-electron chi connectivity index (χ4n) is 1.71. The number of sulfone groups is 1. The van der Waals surface area contributed by atoms with Crippen LogP contribution in [0.15, 0.2) is 24.3 Å². The molecule has 106 valence electrons. The zero-order chi connectivity index (χ0) is 14.5. The molecule has 1 aromatic rings. The van der Waals surface area contributed by atoms with E-state index in [0.717, 1.165) is 0 Å². The van der Waals surface area contributed by atoms with Crippen LogP contribution in [0, 0.1) is 5.82 Å². The molecule has 0 saturated heterocycles. The van der Waals surface area contributed by atoms with E-state index in [1.165, 1.54) is 32.0 Å². The van der Waals surface area contributed by atoms with E-state index >= 15 is 0 Å². The fourth-order valence-corrected chi connectivity index (χ4v) is 3.19. The lowest BCUT2D eigenvalue weighted by Crippen LogP contribution is -2.24. The first kappa shape index (κ1) is 15.6. The highest BCUT2D eigenvalue weighted by molar-refractivity contribution is 7.91. The minimum Gasteiger partial charge on any atom is -0.356 e. The van der Waals surface area contributed by atoms with Crippen molar-refractivity contribution in [3.05, 3.63) is 35.6 Å². The van der Waals surface area contributed by atoms with Gasteiger partial charge in [0.05, 0.1) is 11.0 Å². The summed E-state index contributed by atoms with van der Waals surface area (Å²) in [4.78, 5) is 10.7. The van der Waals surface area contributed by atoms with Gasteiger partial charge in [-0.3, -0.25) is 4.79 Å². The van der Waals surface area contributed by atoms with E-state index in [1.807, 2.05) is 0 Å². The molecular weight excluding hydrogens is 269 g/mol. The number of amides is 1. The van der Waals surface area contributed by atoms with Crippen LogP contribution in [0.4, 0.5) is 4.39 Å². The van der Waals surface area contributed by atoms with Crippen molar-refractivity contribution in [2.75, 3.05) is 12.3 Å². The predicted octanol–water partition coefficient (Wildman–Crippen LogP) is 1.83. The number of rotatable bonds is 6. The summed E-state index contributed by atoms with van der Waals surface area (Å²) in [5.41, 5.74) is 0.182. The standard InChI is InChI=1S/C13H18FNO3S/c1-10(12-6-3-4-7-13(12)14)19(17,18)9-5-8-15-11(2)16/h3-4,6-7,10H,5,8-9H2,1-2H3,(H,15,16)/t10-/m1/s1. The summed E-state index contributed by atoms with van der Waals surface area (Å²) in [6.45, 7) is 3.15. The topological polar surface area (TPSA) is 63.2 Å². The number of hydrogen-bond donors (Lipinski definition) is 1. The SMILES string of the molecule is CC(=O)NCCCS(=O)(=O)[C@H](C)c1ccccc1F. The van der Waals surface area contributed by atoms with Gasteiger partial charge in [0, 0.05) is 19.0 Å². The van der Waals surface area contributed by atoms with Crippen molar-refractivity contribution in [2.45, 2.75) is 25.5 Å². The Labute approximate surface area is 112 Å². The van der Waals surface area contributed by atoms with Crippen LogP contribution in [0.5, 0.6) is 0 Å². The predicted molar refractivity (Wildman–Crippen MR) is 71.9 cm³/mol. The molecule has 0 radical (unpaired) electrons. The zero-order valence-corrected chi connectivity index (χ0v) is 11.8. The first-order valence-corrected chi connectivity index (χ1v) is 7.76. The molecule has 0 aliphatic rings. The maximum absolute atomic E-state index is 13.5. The van der Waals surface area contributed by atoms with E-state index in [4.69, 9.17) is 0 Å². The Hall–Kier alpha value is -1.43. The Morgan fingerprint density at radius 1 is 1.37 bits per heavy atom. The summed E-state index contributed by atoms with van der Waals surface area (Å²) in [5, 5.41) is 1.65. The van der Waals surface area contributed by atoms with Crippen LogP contribution in [-0.2, 0) is 14.6 Å². The van der Waals surface area contributed by atoms with Gasteiger partial charge in [0.2, 0.25) is 5.91 Å². The summed E-state index contributed by atoms with van der Waals surface area (Å²) < 4.78 is 37.6. The van der Waals surface area contributed by atoms with E-state index in [-0.39, 0.29) is 17.2 Å². The Bertz CT molecular complexity index is 543. The molecule has 0 spiro atoms. The van der Waals surface area contributed by atoms with Crippen LogP contribution in [0.25, 0.3) is 0 Å². The van der Waals surface area contributed by atoms with Gasteiger partial charge in [-0.05, 0) is 19.4 Å². The smallest absolute Gasteiger partial charge is 0.216 e. The fraction of sp³-hybridized carbons (Fsp3) is 0.462. The van der Waals surface area contributed by atoms with E-state index in [0.29, 0.717) is 13.0 Å². The number of carbonyl (C=O) groups is 1. The number of halogens is 1. The molecule has 1 rings (SSSR count). The molecule has 0 unspecified atom stereocenters. The van der Waals surface area contributed by atoms with Crippen molar-refractivity contribution in [3.63, 3.8) is 0 Å². The first-order chi connectivity index (χ1) is 8.84. The zero-order valence-electron chi connectivity index (χ0n) is 11.0. The highest BCUT2D eigenvalue weighted by Gasteiger charge is 2.24. The lowest BCUT2D eigenvalue weighted by molar-refractivity contribution is -0.118. The molecule has 0 aliphatic heterocycles. The second-order valence-corrected chi connectivity index (χ2v) is 6.81. The van der Waals surface area contributed by atoms with Crippen LogP contribution in [0.1, 0.15) is 31.1 Å². The first-order valence-electron chi connectivity index (χ1n) is 6.05. The second-order valence-electron chi connectivity index (χ2n) is 4.37. The van der Waals surface area contributed by atoms with Gasteiger partial charge in [-0.1, -0.05) is 18.2 Å². The van der Waals surface area contributed by atoms with Gasteiger partial charge in [0.1, 0.15) is 5.82 Å². The Morgan fingerprint density at radius 3 is 2.58 bits per heavy atom. The van der Waals surface area contributed by atoms with Crippen molar-refractivity contribution in [2.24, 2.45) is 0 Å². The van der Waals surface area contributed by atoms with Crippen molar-refractivity contribution >= 4 is 15.7 Å². The summed E-state index contributed by atoms with van der Waals surface area (Å²) in [7, 11) is -3.43. The summed E-state index contributed by atoms with van der Waals surface area (Å²) >= 11 is 0. The molecule has 1 amide bonds. The Kier molecular flexibility index (Phi) is 5.47. The summed E-state index contributed by atoms with van der Waals surface area (Å²) in [6, 6.07) is 5.86. The lowest BCUT2D eigenvalue weighted by atomic mass is 10.1. The quantitative estimate of drug-likeness (QED) is 0.812. The van der Waals surface area contributed by atoms with E-state index in [1.54, 1.807) is 6.07 Å². The molecule has 4 nitrogen and oxygen atoms in total. The molecule has 1 atom stereocenters. The maximum Gasteiger partial charge on any atom is 0.216 e. The maximum atomic E-state index is 13.5. The highest BCUT2D eigenvalue weighted by atomic mass is 32.2. The van der Waals surface area contributed by atoms with E-state index in [2.05, 4.69) is 5.32 Å². The molecule has 0 aliphatic carbocycles. The summed E-state index contributed by atoms with van der Waals surface area (Å²) in [5.74, 6) is -0.789. The molecule has 6 heteroatoms. The van der Waals surface area contributed by atoms with Crippen molar-refractivity contribution in [1.29, 1.82) is 0 Å². The van der Waals surface area contributed by atoms with Gasteiger partial charge in [-0.25, -0.2) is 12.8 Å². The van der Waals surface area contributed by atoms with Crippen LogP contribution >= 0.6 is 0 Å². The monoisotopic (exact) mass is 287 g/mol. The Balaban J connectivity index is 2.67. The van der Waals surface area contributed by atoms with Gasteiger partial charge in [-0.15, -0.1) is 0 Å². The van der Waals surface area contributed by atoms with Crippen molar-refractivity contribution in [3.8, 4) is 0 Å². The van der Waals surface area contributed by atoms with Gasteiger partial charge in [0.15, 0.2) is 9.84 Å². The molecule has 0 heterocycles. The minimum absolute atomic E-state index is 0.0806. The molecular formula is C13H18FNO3S. The van der Waals surface area contributed by atoms with E-state index < -0.39 is 20.9 Å². The highest BCUT2D eigenvalue weighted by Crippen LogP contribution is 2.25. The number of hydrogen-bond acceptors (Lipinski definition) is 3. The van der Waals surface area contributed by atoms with Crippen LogP contribution in [0.2, 0.25) is 0 Å². The number of benzene rings is 1. The third-order valence-electron chi connectivity index (χ3n) is 2.86. The Morgan fingerprint density at radius 2 is 2.00 bits per heavy atom. The lowest BCUT2D eigenvalue weighted by Gasteiger charge is -2.14. The van der Waals surface area contributed by atoms with Gasteiger partial charge in [0.25, 0.3) is 0 Å². The van der Waals surface area contributed by atoms with Gasteiger partial charge < -0.3 is 5.32 Å². The average Bonchev–Trinajstić information content (AvgIpc) is 2.34. The van der Waals surface area contributed by atoms with Gasteiger partial charge >= 0.3 is 0 Å². The molecule has 1 aromatic carbocycles. The van der Waals surface area contributed by atoms with Crippen molar-refractivity contribution in [1.82, 2.24) is 5.32 Å². The molecule has 0 saturated carbocycles. The van der Waals surface area contributed by atoms with Crippen LogP contribution < -0.4 is 5.32 Å². The van der Waals surface area contributed by atoms with Crippen LogP contribution in [-0.4, -0.2) is 26.6 Å². The molecule has 0 aromatic heterocycles. The van der Waals surface area contributed by atoms with E-state index in [9.17, 15) is 17.6 Å². The molecule has 19 heavy (non-hydrogen) atoms. The van der Waals surface area contributed by atoms with Crippen LogP contribution in [0.3, 0.4) is 0 Å². The largest absolute Gasteiger partial charge is 0.356 e. The number of nitrogens with one attached hydrogen (secondary N) is 1. The van der Waals surface area contributed by atoms with Crippen molar-refractivity contribution < 1.29 is 17.6 Å². The normalized spacial score (nSPS) is 13.0. The minimum atomic E-state index is -3.43. The summed E-state index contributed by atoms with van der Waals surface area (Å²) in [6.07, 6.45) is 0.320.